The molecule has 8 unspecified atom stereocenters. The number of hydrogen-bond donors (Lipinski definition) is 3. The molecule has 9 nitrogen and oxygen atoms in total. The maximum absolute atomic E-state index is 13.2. The van der Waals surface area contributed by atoms with E-state index in [1.807, 2.05) is 34.6 Å². The van der Waals surface area contributed by atoms with Gasteiger partial charge in [0.15, 0.2) is 16.8 Å². The first kappa shape index (κ1) is 61.9. The summed E-state index contributed by atoms with van der Waals surface area (Å²) in [6.45, 7) is 19.3. The second-order valence-electron chi connectivity index (χ2n) is 20.2. The minimum Gasteiger partial charge on any atom is -0.462 e. The van der Waals surface area contributed by atoms with Crippen molar-refractivity contribution >= 4 is 17.9 Å². The number of halogens is 9. The fraction of sp³-hybridized carbons (Fsp3) is 0.809. The highest BCUT2D eigenvalue weighted by Crippen LogP contribution is 2.52. The van der Waals surface area contributed by atoms with Crippen LogP contribution in [0.3, 0.4) is 0 Å². The molecule has 1 aromatic rings. The molecule has 1 heterocycles. The predicted molar refractivity (Wildman–Crippen MR) is 228 cm³/mol. The number of alkyl halides is 9. The minimum absolute atomic E-state index is 0. The number of carbonyl (C=O) groups is 3. The zero-order valence-corrected chi connectivity index (χ0v) is 38.6. The predicted octanol–water partition coefficient (Wildman–Crippen LogP) is 12.4. The average Bonchev–Trinajstić information content (AvgIpc) is 3.82. The van der Waals surface area contributed by atoms with Crippen molar-refractivity contribution in [2.24, 2.45) is 34.0 Å². The van der Waals surface area contributed by atoms with E-state index in [1.165, 1.54) is 13.8 Å². The maximum Gasteiger partial charge on any atom is 0.421 e. The molecule has 3 aliphatic rings. The number of hydrogen-bond acceptors (Lipinski definition) is 9. The molecule has 0 amide bonds. The van der Waals surface area contributed by atoms with Gasteiger partial charge in [-0.25, -0.2) is 0 Å². The van der Waals surface area contributed by atoms with Gasteiger partial charge in [-0.15, -0.1) is 0 Å². The fourth-order valence-electron chi connectivity index (χ4n) is 7.61. The monoisotopic (exact) mass is 955 g/mol. The Morgan fingerprint density at radius 2 is 1.17 bits per heavy atom. The molecule has 4 rings (SSSR count). The molecule has 2 saturated carbocycles. The third-order valence-corrected chi connectivity index (χ3v) is 13.4. The average molecular weight is 955 g/mol. The van der Waals surface area contributed by atoms with Crippen LogP contribution in [0.5, 0.6) is 5.75 Å². The molecule has 0 radical (unpaired) electrons. The van der Waals surface area contributed by atoms with Crippen LogP contribution in [0.15, 0.2) is 18.2 Å². The highest BCUT2D eigenvalue weighted by molar-refractivity contribution is 5.79. The van der Waals surface area contributed by atoms with Crippen molar-refractivity contribution in [2.75, 3.05) is 0 Å². The van der Waals surface area contributed by atoms with Crippen LogP contribution < -0.4 is 4.74 Å². The van der Waals surface area contributed by atoms with E-state index in [0.29, 0.717) is 56.7 Å². The quantitative estimate of drug-likeness (QED) is 0.106. The number of aliphatic hydroxyl groups is 3. The number of rotatable bonds is 12. The van der Waals surface area contributed by atoms with E-state index < -0.39 is 87.5 Å². The lowest BCUT2D eigenvalue weighted by molar-refractivity contribution is -0.264. The largest absolute Gasteiger partial charge is 0.462 e. The second kappa shape index (κ2) is 21.0. The van der Waals surface area contributed by atoms with Crippen LogP contribution in [0, 0.1) is 34.0 Å². The lowest BCUT2D eigenvalue weighted by atomic mass is 9.80. The maximum atomic E-state index is 13.2. The summed E-state index contributed by atoms with van der Waals surface area (Å²) < 4.78 is 134. The highest BCUT2D eigenvalue weighted by Gasteiger charge is 2.56. The second-order valence-corrected chi connectivity index (χ2v) is 20.2. The Bertz CT molecular complexity index is 1720. The van der Waals surface area contributed by atoms with E-state index in [2.05, 4.69) is 0 Å². The molecule has 65 heavy (non-hydrogen) atoms. The van der Waals surface area contributed by atoms with Gasteiger partial charge in [-0.05, 0) is 155 Å². The third-order valence-electron chi connectivity index (χ3n) is 13.4. The molecule has 380 valence electrons. The molecule has 2 bridgehead atoms. The number of benzene rings is 1. The first-order chi connectivity index (χ1) is 28.0. The van der Waals surface area contributed by atoms with E-state index in [1.54, 1.807) is 20.8 Å². The van der Waals surface area contributed by atoms with Crippen molar-refractivity contribution in [3.8, 4) is 5.75 Å². The molecule has 3 fully saturated rings. The summed E-state index contributed by atoms with van der Waals surface area (Å²) in [5.41, 5.74) is -14.3. The summed E-state index contributed by atoms with van der Waals surface area (Å²) in [6.07, 6.45) is -10.2. The van der Waals surface area contributed by atoms with E-state index in [-0.39, 0.29) is 37.8 Å². The first-order valence-electron chi connectivity index (χ1n) is 21.2. The summed E-state index contributed by atoms with van der Waals surface area (Å²) in [6, 6.07) is 1.61. The number of carbonyl (C=O) groups excluding carboxylic acids is 3. The van der Waals surface area contributed by atoms with Crippen molar-refractivity contribution in [1.82, 2.24) is 0 Å². The first-order valence-corrected chi connectivity index (χ1v) is 21.2. The summed E-state index contributed by atoms with van der Waals surface area (Å²) in [7, 11) is 0. The Balaban J connectivity index is 0.00000100. The van der Waals surface area contributed by atoms with E-state index in [4.69, 9.17) is 14.2 Å². The topological polar surface area (TPSA) is 140 Å². The van der Waals surface area contributed by atoms with E-state index in [0.717, 1.165) is 45.4 Å². The van der Waals surface area contributed by atoms with Gasteiger partial charge in [-0.1, -0.05) is 42.0 Å². The van der Waals surface area contributed by atoms with Gasteiger partial charge in [0.1, 0.15) is 17.5 Å². The molecule has 1 saturated heterocycles. The van der Waals surface area contributed by atoms with Gasteiger partial charge in [0, 0.05) is 12.8 Å². The smallest absolute Gasteiger partial charge is 0.421 e. The lowest BCUT2D eigenvalue weighted by Gasteiger charge is -2.37. The Morgan fingerprint density at radius 1 is 0.723 bits per heavy atom. The molecule has 0 spiro atoms. The Hall–Kier alpha value is -3.12. The van der Waals surface area contributed by atoms with Crippen LogP contribution in [0.1, 0.15) is 174 Å². The molecule has 3 N–H and O–H groups in total. The van der Waals surface area contributed by atoms with Gasteiger partial charge in [0.25, 0.3) is 0 Å². The van der Waals surface area contributed by atoms with E-state index in [9.17, 15) is 69.2 Å². The van der Waals surface area contributed by atoms with Gasteiger partial charge in [-0.3, -0.25) is 14.4 Å². The zero-order chi connectivity index (χ0) is 49.4. The number of ether oxygens (including phenoxy) is 3. The van der Waals surface area contributed by atoms with Crippen molar-refractivity contribution in [3.63, 3.8) is 0 Å². The summed E-state index contributed by atoms with van der Waals surface area (Å²) in [5.74, 6) is -1.31. The fourth-order valence-corrected chi connectivity index (χ4v) is 7.61. The van der Waals surface area contributed by atoms with Gasteiger partial charge < -0.3 is 29.5 Å². The standard InChI is InChI=1S/C18H22F6O4.C18H29F3O3.C9H16O2.2CH4/c1-6-14(2,3)13(25)28-12-8-10(15(4,26)17(19,20)21)7-11(9-12)16(5,27)18(22,23)24;1-5-16(2,3)15(22)24-14(10-17(4,23)18(19,20)21)13-9-11-6-7-12(13)8-11;1-5-9(4)6-8(2,3)11-7(9)10;;/h7-9,26-27H,6H2,1-5H3;11-14,23H,5-10H2,1-4H3;5-6H2,1-4H3;2*1H4. The molecule has 8 atom stereocenters. The number of cyclic esters (lactones) is 1. The lowest BCUT2D eigenvalue weighted by Crippen LogP contribution is -2.48. The van der Waals surface area contributed by atoms with Crippen molar-refractivity contribution < 1.29 is 83.4 Å². The number of esters is 3. The molecule has 1 aliphatic heterocycles. The normalized spacial score (nSPS) is 25.0. The zero-order valence-electron chi connectivity index (χ0n) is 38.6. The highest BCUT2D eigenvalue weighted by atomic mass is 19.4. The Labute approximate surface area is 379 Å². The van der Waals surface area contributed by atoms with Crippen molar-refractivity contribution in [3.05, 3.63) is 29.3 Å². The Kier molecular flexibility index (Phi) is 20.0. The van der Waals surface area contributed by atoms with Crippen molar-refractivity contribution in [1.29, 1.82) is 0 Å². The van der Waals surface area contributed by atoms with Crippen LogP contribution in [0.2, 0.25) is 0 Å². The van der Waals surface area contributed by atoms with E-state index >= 15 is 0 Å². The summed E-state index contributed by atoms with van der Waals surface area (Å²) in [4.78, 5) is 35.9. The molecule has 1 aromatic carbocycles. The Morgan fingerprint density at radius 3 is 1.48 bits per heavy atom. The molecule has 18 heteroatoms. The van der Waals surface area contributed by atoms with Gasteiger partial charge in [-0.2, -0.15) is 39.5 Å². The molecular formula is C47H75F9O9. The molecule has 0 aromatic heterocycles. The molecular weight excluding hydrogens is 879 g/mol. The van der Waals surface area contributed by atoms with Crippen LogP contribution >= 0.6 is 0 Å². The minimum atomic E-state index is -5.24. The van der Waals surface area contributed by atoms with Crippen molar-refractivity contribution in [2.45, 2.75) is 210 Å². The van der Waals surface area contributed by atoms with Crippen LogP contribution in [0.4, 0.5) is 39.5 Å². The van der Waals surface area contributed by atoms with Gasteiger partial charge in [0.05, 0.1) is 16.2 Å². The van der Waals surface area contributed by atoms with Gasteiger partial charge in [0.2, 0.25) is 0 Å². The SMILES string of the molecule is C.C.CCC(C)(C)C(=O)OC(CC(C)(O)C(F)(F)F)C1CC2CCC1C2.CCC(C)(C)C(=O)Oc1cc(C(C)(O)C(F)(F)F)cc(C(C)(O)C(F)(F)F)c1.CCC1(C)CC(C)(C)OC1=O. The summed E-state index contributed by atoms with van der Waals surface area (Å²) >= 11 is 0. The summed E-state index contributed by atoms with van der Waals surface area (Å²) in [5, 5.41) is 29.6. The van der Waals surface area contributed by atoms with Gasteiger partial charge >= 0.3 is 36.4 Å². The van der Waals surface area contributed by atoms with Crippen LogP contribution in [-0.4, -0.2) is 69.1 Å². The third kappa shape index (κ3) is 14.7. The van der Waals surface area contributed by atoms with Crippen LogP contribution in [0.25, 0.3) is 0 Å². The van der Waals surface area contributed by atoms with Crippen LogP contribution in [-0.2, 0) is 35.1 Å². The number of fused-ring (bicyclic) bond motifs is 2. The molecule has 2 aliphatic carbocycles.